The van der Waals surface area contributed by atoms with E-state index >= 15 is 0 Å². The van der Waals surface area contributed by atoms with Crippen molar-refractivity contribution in [2.24, 2.45) is 0 Å². The van der Waals surface area contributed by atoms with Crippen LogP contribution in [-0.2, 0) is 6.42 Å². The highest BCUT2D eigenvalue weighted by Gasteiger charge is 2.27. The molecule has 0 aliphatic carbocycles. The van der Waals surface area contributed by atoms with Gasteiger partial charge in [-0.3, -0.25) is 0 Å². The Bertz CT molecular complexity index is 999. The zero-order chi connectivity index (χ0) is 20.4. The Morgan fingerprint density at radius 2 is 1.69 bits per heavy atom. The van der Waals surface area contributed by atoms with Crippen LogP contribution in [-0.4, -0.2) is 37.3 Å². The summed E-state index contributed by atoms with van der Waals surface area (Å²) in [5, 5.41) is 3.31. The zero-order valence-electron chi connectivity index (χ0n) is 17.0. The lowest BCUT2D eigenvalue weighted by molar-refractivity contribution is 0.324. The lowest BCUT2D eigenvalue weighted by Gasteiger charge is -2.24. The number of nitrogens with zero attached hydrogens (tertiary/aromatic N) is 3. The summed E-state index contributed by atoms with van der Waals surface area (Å²) >= 11 is 0. The highest BCUT2D eigenvalue weighted by Crippen LogP contribution is 2.41. The van der Waals surface area contributed by atoms with Gasteiger partial charge in [-0.2, -0.15) is 0 Å². The Morgan fingerprint density at radius 3 is 2.38 bits per heavy atom. The average molecular weight is 392 g/mol. The van der Waals surface area contributed by atoms with Gasteiger partial charge in [0, 0.05) is 35.6 Å². The summed E-state index contributed by atoms with van der Waals surface area (Å²) < 4.78 is 16.2. The molecule has 1 aromatic heterocycles. The van der Waals surface area contributed by atoms with Crippen LogP contribution in [0.25, 0.3) is 0 Å². The van der Waals surface area contributed by atoms with Crippen LogP contribution in [0.1, 0.15) is 12.5 Å². The molecular formula is C22H24N4O3. The molecule has 7 nitrogen and oxygen atoms in total. The van der Waals surface area contributed by atoms with E-state index < -0.39 is 0 Å². The monoisotopic (exact) mass is 392 g/mol. The Labute approximate surface area is 170 Å². The van der Waals surface area contributed by atoms with E-state index in [2.05, 4.69) is 51.4 Å². The Hall–Kier alpha value is -3.48. The number of anilines is 4. The molecule has 0 saturated carbocycles. The van der Waals surface area contributed by atoms with Gasteiger partial charge in [-0.15, -0.1) is 0 Å². The van der Waals surface area contributed by atoms with Gasteiger partial charge in [0.25, 0.3) is 0 Å². The molecule has 0 radical (unpaired) electrons. The van der Waals surface area contributed by atoms with Gasteiger partial charge in [-0.05, 0) is 25.0 Å². The molecule has 150 valence electrons. The lowest BCUT2D eigenvalue weighted by atomic mass is 10.1. The normalized spacial score (nSPS) is 15.0. The number of methoxy groups -OCH3 is 3. The second-order valence-corrected chi connectivity index (χ2v) is 6.85. The predicted octanol–water partition coefficient (Wildman–Crippen LogP) is 4.33. The number of hydrogen-bond acceptors (Lipinski definition) is 7. The second-order valence-electron chi connectivity index (χ2n) is 6.85. The van der Waals surface area contributed by atoms with E-state index in [-0.39, 0.29) is 0 Å². The van der Waals surface area contributed by atoms with E-state index in [4.69, 9.17) is 14.2 Å². The van der Waals surface area contributed by atoms with Crippen molar-refractivity contribution in [2.75, 3.05) is 31.5 Å². The molecule has 1 N–H and O–H groups in total. The van der Waals surface area contributed by atoms with Crippen molar-refractivity contribution < 1.29 is 14.2 Å². The molecule has 29 heavy (non-hydrogen) atoms. The highest BCUT2D eigenvalue weighted by molar-refractivity contribution is 5.72. The number of aromatic nitrogens is 2. The summed E-state index contributed by atoms with van der Waals surface area (Å²) in [6.45, 7) is 2.20. The fraction of sp³-hybridized carbons (Fsp3) is 0.273. The largest absolute Gasteiger partial charge is 0.493 e. The van der Waals surface area contributed by atoms with Gasteiger partial charge in [0.1, 0.15) is 18.0 Å². The summed E-state index contributed by atoms with van der Waals surface area (Å²) in [6.07, 6.45) is 2.57. The van der Waals surface area contributed by atoms with Crippen LogP contribution < -0.4 is 24.4 Å². The fourth-order valence-electron chi connectivity index (χ4n) is 3.76. The average Bonchev–Trinajstić information content (AvgIpc) is 3.08. The maximum atomic E-state index is 5.43. The van der Waals surface area contributed by atoms with Crippen LogP contribution in [0.3, 0.4) is 0 Å². The molecule has 2 aromatic carbocycles. The first-order valence-corrected chi connectivity index (χ1v) is 9.40. The summed E-state index contributed by atoms with van der Waals surface area (Å²) in [6, 6.07) is 14.4. The lowest BCUT2D eigenvalue weighted by Crippen LogP contribution is -2.24. The van der Waals surface area contributed by atoms with Gasteiger partial charge in [0.05, 0.1) is 21.3 Å². The molecule has 0 saturated heterocycles. The topological polar surface area (TPSA) is 68.7 Å². The van der Waals surface area contributed by atoms with Crippen LogP contribution in [0.5, 0.6) is 17.2 Å². The number of nitrogens with one attached hydrogen (secondary N) is 1. The van der Waals surface area contributed by atoms with Crippen molar-refractivity contribution in [3.8, 4) is 17.2 Å². The fourth-order valence-corrected chi connectivity index (χ4v) is 3.76. The highest BCUT2D eigenvalue weighted by atomic mass is 16.5. The van der Waals surface area contributed by atoms with Gasteiger partial charge in [-0.1, -0.05) is 18.2 Å². The van der Waals surface area contributed by atoms with E-state index in [1.165, 1.54) is 11.3 Å². The van der Waals surface area contributed by atoms with E-state index in [1.54, 1.807) is 27.7 Å². The number of hydrogen-bond donors (Lipinski definition) is 1. The third-order valence-electron chi connectivity index (χ3n) is 5.04. The minimum atomic E-state index is 0.330. The number of para-hydroxylation sites is 1. The molecule has 3 aromatic rings. The molecule has 1 atom stereocenters. The van der Waals surface area contributed by atoms with Gasteiger partial charge in [-0.25, -0.2) is 9.97 Å². The minimum absolute atomic E-state index is 0.330. The molecule has 1 unspecified atom stereocenters. The first kappa shape index (κ1) is 18.9. The smallest absolute Gasteiger partial charge is 0.203 e. The molecule has 7 heteroatoms. The Kier molecular flexibility index (Phi) is 5.12. The molecule has 0 fully saturated rings. The Balaban J connectivity index is 1.66. The minimum Gasteiger partial charge on any atom is -0.493 e. The molecule has 1 aliphatic rings. The van der Waals surface area contributed by atoms with Gasteiger partial charge in [0.2, 0.25) is 5.75 Å². The molecule has 0 bridgehead atoms. The van der Waals surface area contributed by atoms with Crippen molar-refractivity contribution in [1.29, 1.82) is 0 Å². The van der Waals surface area contributed by atoms with Gasteiger partial charge >= 0.3 is 0 Å². The van der Waals surface area contributed by atoms with E-state index in [0.29, 0.717) is 29.1 Å². The first-order chi connectivity index (χ1) is 14.1. The Morgan fingerprint density at radius 1 is 0.966 bits per heavy atom. The zero-order valence-corrected chi connectivity index (χ0v) is 17.0. The quantitative estimate of drug-likeness (QED) is 0.670. The molecule has 0 amide bonds. The summed E-state index contributed by atoms with van der Waals surface area (Å²) in [7, 11) is 4.77. The molecule has 1 aliphatic heterocycles. The molecular weight excluding hydrogens is 368 g/mol. The maximum absolute atomic E-state index is 5.43. The van der Waals surface area contributed by atoms with Gasteiger partial charge < -0.3 is 24.4 Å². The van der Waals surface area contributed by atoms with Crippen molar-refractivity contribution in [3.63, 3.8) is 0 Å². The van der Waals surface area contributed by atoms with E-state index in [1.807, 2.05) is 18.2 Å². The van der Waals surface area contributed by atoms with Gasteiger partial charge in [0.15, 0.2) is 11.5 Å². The van der Waals surface area contributed by atoms with Crippen LogP contribution in [0.2, 0.25) is 0 Å². The number of rotatable bonds is 6. The number of fused-ring (bicyclic) bond motifs is 1. The number of ether oxygens (including phenoxy) is 3. The third kappa shape index (κ3) is 3.51. The molecule has 4 rings (SSSR count). The van der Waals surface area contributed by atoms with Crippen molar-refractivity contribution in [3.05, 3.63) is 54.4 Å². The third-order valence-corrected chi connectivity index (χ3v) is 5.04. The first-order valence-electron chi connectivity index (χ1n) is 9.40. The summed E-state index contributed by atoms with van der Waals surface area (Å²) in [4.78, 5) is 11.1. The van der Waals surface area contributed by atoms with E-state index in [0.717, 1.165) is 17.9 Å². The molecule has 2 heterocycles. The standard InChI is InChI=1S/C22H24N4O3/c1-14-9-15-7-5-6-8-17(15)26(14)21-12-20(23-13-24-21)25-16-10-18(27-2)22(29-4)19(11-16)28-3/h5-8,10-14H,9H2,1-4H3,(H,23,24,25). The van der Waals surface area contributed by atoms with Crippen molar-refractivity contribution in [2.45, 2.75) is 19.4 Å². The summed E-state index contributed by atoms with van der Waals surface area (Å²) in [5.74, 6) is 3.23. The van der Waals surface area contributed by atoms with Crippen LogP contribution in [0.15, 0.2) is 48.8 Å². The van der Waals surface area contributed by atoms with Crippen molar-refractivity contribution in [1.82, 2.24) is 9.97 Å². The van der Waals surface area contributed by atoms with Crippen molar-refractivity contribution >= 4 is 23.0 Å². The van der Waals surface area contributed by atoms with Crippen LogP contribution >= 0.6 is 0 Å². The van der Waals surface area contributed by atoms with E-state index in [9.17, 15) is 0 Å². The maximum Gasteiger partial charge on any atom is 0.203 e. The summed E-state index contributed by atoms with van der Waals surface area (Å²) in [5.41, 5.74) is 3.30. The SMILES string of the molecule is COc1cc(Nc2cc(N3c4ccccc4CC3C)ncn2)cc(OC)c1OC. The predicted molar refractivity (Wildman–Crippen MR) is 113 cm³/mol. The molecule has 0 spiro atoms. The van der Waals surface area contributed by atoms with Crippen LogP contribution in [0, 0.1) is 0 Å². The number of benzene rings is 2. The second kappa shape index (κ2) is 7.87. The van der Waals surface area contributed by atoms with Crippen LogP contribution in [0.4, 0.5) is 23.0 Å².